The van der Waals surface area contributed by atoms with Crippen LogP contribution in [-0.2, 0) is 9.59 Å². The van der Waals surface area contributed by atoms with Gasteiger partial charge in [0.25, 0.3) is 11.8 Å². The largest absolute Gasteiger partial charge is 0.484 e. The van der Waals surface area contributed by atoms with Crippen molar-refractivity contribution in [2.75, 3.05) is 11.9 Å². The van der Waals surface area contributed by atoms with Gasteiger partial charge in [-0.1, -0.05) is 31.5 Å². The molecule has 0 fully saturated rings. The second-order valence-corrected chi connectivity index (χ2v) is 6.83. The number of anilines is 1. The number of hydrogen-bond acceptors (Lipinski definition) is 4. The summed E-state index contributed by atoms with van der Waals surface area (Å²) in [5.74, 6) is -0.186. The summed E-state index contributed by atoms with van der Waals surface area (Å²) in [4.78, 5) is 35.6. The molecule has 2 aromatic rings. The molecule has 3 amide bonds. The van der Waals surface area contributed by atoms with E-state index >= 15 is 0 Å². The van der Waals surface area contributed by atoms with Crippen molar-refractivity contribution in [3.8, 4) is 5.75 Å². The van der Waals surface area contributed by atoms with Gasteiger partial charge in [0.1, 0.15) is 5.75 Å². The van der Waals surface area contributed by atoms with Crippen molar-refractivity contribution in [2.24, 2.45) is 5.92 Å². The molecule has 0 aromatic heterocycles. The fourth-order valence-corrected chi connectivity index (χ4v) is 2.31. The van der Waals surface area contributed by atoms with Crippen molar-refractivity contribution in [1.29, 1.82) is 0 Å². The first kappa shape index (κ1) is 21.0. The van der Waals surface area contributed by atoms with Gasteiger partial charge >= 0.3 is 0 Å². The Morgan fingerprint density at radius 3 is 2.14 bits per heavy atom. The van der Waals surface area contributed by atoms with Gasteiger partial charge in [0, 0.05) is 17.7 Å². The fourth-order valence-electron chi connectivity index (χ4n) is 2.31. The Kier molecular flexibility index (Phi) is 7.56. The number of aryl methyl sites for hydroxylation is 1. The third-order valence-corrected chi connectivity index (χ3v) is 3.73. The predicted molar refractivity (Wildman–Crippen MR) is 107 cm³/mol. The van der Waals surface area contributed by atoms with Crippen LogP contribution in [0.3, 0.4) is 0 Å². The van der Waals surface area contributed by atoms with Crippen LogP contribution in [0, 0.1) is 12.8 Å². The maximum absolute atomic E-state index is 12.1. The lowest BCUT2D eigenvalue weighted by molar-refractivity contribution is -0.123. The Morgan fingerprint density at radius 2 is 1.54 bits per heavy atom. The molecule has 7 nitrogen and oxygen atoms in total. The first-order chi connectivity index (χ1) is 13.3. The lowest BCUT2D eigenvalue weighted by Gasteiger charge is -2.10. The van der Waals surface area contributed by atoms with Crippen LogP contribution >= 0.6 is 0 Å². The Bertz CT molecular complexity index is 815. The summed E-state index contributed by atoms with van der Waals surface area (Å²) in [6.07, 6.45) is 0.429. The molecule has 0 aliphatic heterocycles. The molecule has 0 saturated carbocycles. The summed E-state index contributed by atoms with van der Waals surface area (Å²) < 4.78 is 5.34. The van der Waals surface area contributed by atoms with Gasteiger partial charge in [-0.25, -0.2) is 0 Å². The zero-order valence-electron chi connectivity index (χ0n) is 16.2. The van der Waals surface area contributed by atoms with Crippen LogP contribution in [0.2, 0.25) is 0 Å². The lowest BCUT2D eigenvalue weighted by atomic mass is 10.1. The van der Waals surface area contributed by atoms with E-state index < -0.39 is 11.8 Å². The van der Waals surface area contributed by atoms with Crippen LogP contribution in [0.5, 0.6) is 5.75 Å². The number of amides is 3. The van der Waals surface area contributed by atoms with Gasteiger partial charge in [0.15, 0.2) is 6.61 Å². The molecule has 0 unspecified atom stereocenters. The van der Waals surface area contributed by atoms with Crippen LogP contribution in [0.15, 0.2) is 48.5 Å². The molecule has 0 aliphatic rings. The van der Waals surface area contributed by atoms with Crippen LogP contribution in [-0.4, -0.2) is 24.3 Å². The molecule has 0 aliphatic carbocycles. The highest BCUT2D eigenvalue weighted by atomic mass is 16.5. The molecule has 3 N–H and O–H groups in total. The highest BCUT2D eigenvalue weighted by Gasteiger charge is 2.09. The minimum atomic E-state index is -0.480. The number of carbonyl (C=O) groups is 3. The van der Waals surface area contributed by atoms with Crippen molar-refractivity contribution in [3.05, 3.63) is 59.7 Å². The quantitative estimate of drug-likeness (QED) is 0.641. The molecular formula is C21H25N3O4. The number of hydrogen-bond donors (Lipinski definition) is 3. The van der Waals surface area contributed by atoms with E-state index in [9.17, 15) is 14.4 Å². The van der Waals surface area contributed by atoms with Crippen LogP contribution in [0.4, 0.5) is 5.69 Å². The van der Waals surface area contributed by atoms with E-state index in [0.717, 1.165) is 5.56 Å². The molecule has 2 rings (SSSR count). The lowest BCUT2D eigenvalue weighted by Crippen LogP contribution is -2.43. The molecular weight excluding hydrogens is 358 g/mol. The van der Waals surface area contributed by atoms with Crippen LogP contribution in [0.1, 0.15) is 36.2 Å². The zero-order chi connectivity index (χ0) is 20.5. The molecule has 148 valence electrons. The molecule has 0 heterocycles. The van der Waals surface area contributed by atoms with Gasteiger partial charge in [0.2, 0.25) is 5.91 Å². The van der Waals surface area contributed by atoms with Gasteiger partial charge in [-0.05, 0) is 49.2 Å². The van der Waals surface area contributed by atoms with E-state index in [1.54, 1.807) is 36.4 Å². The molecule has 0 bridgehead atoms. The summed E-state index contributed by atoms with van der Waals surface area (Å²) in [5, 5.41) is 2.77. The van der Waals surface area contributed by atoms with E-state index in [0.29, 0.717) is 23.4 Å². The van der Waals surface area contributed by atoms with E-state index in [1.807, 2.05) is 32.9 Å². The number of rotatable bonds is 7. The van der Waals surface area contributed by atoms with Crippen molar-refractivity contribution >= 4 is 23.4 Å². The van der Waals surface area contributed by atoms with E-state index in [2.05, 4.69) is 16.2 Å². The van der Waals surface area contributed by atoms with Crippen molar-refractivity contribution in [2.45, 2.75) is 27.2 Å². The number of ether oxygens (including phenoxy) is 1. The van der Waals surface area contributed by atoms with E-state index in [1.165, 1.54) is 0 Å². The van der Waals surface area contributed by atoms with Gasteiger partial charge in [-0.2, -0.15) is 0 Å². The summed E-state index contributed by atoms with van der Waals surface area (Å²) >= 11 is 0. The Morgan fingerprint density at radius 1 is 0.893 bits per heavy atom. The molecule has 0 radical (unpaired) electrons. The highest BCUT2D eigenvalue weighted by Crippen LogP contribution is 2.12. The number of carbonyl (C=O) groups excluding carboxylic acids is 3. The molecule has 0 spiro atoms. The van der Waals surface area contributed by atoms with Gasteiger partial charge in [0.05, 0.1) is 0 Å². The highest BCUT2D eigenvalue weighted by molar-refractivity contribution is 5.96. The average Bonchev–Trinajstić information content (AvgIpc) is 2.65. The SMILES string of the molecule is Cc1ccc(OCC(=O)NNC(=O)c2ccc(NC(=O)CC(C)C)cc2)cc1. The topological polar surface area (TPSA) is 96.5 Å². The van der Waals surface area contributed by atoms with Crippen molar-refractivity contribution in [3.63, 3.8) is 0 Å². The average molecular weight is 383 g/mol. The van der Waals surface area contributed by atoms with E-state index in [4.69, 9.17) is 4.74 Å². The Balaban J connectivity index is 1.76. The maximum Gasteiger partial charge on any atom is 0.276 e. The minimum absolute atomic E-state index is 0.0759. The second-order valence-electron chi connectivity index (χ2n) is 6.83. The number of nitrogens with one attached hydrogen (secondary N) is 3. The zero-order valence-corrected chi connectivity index (χ0v) is 16.2. The molecule has 28 heavy (non-hydrogen) atoms. The molecule has 7 heteroatoms. The molecule has 2 aromatic carbocycles. The maximum atomic E-state index is 12.1. The Labute approximate surface area is 164 Å². The molecule has 0 saturated heterocycles. The standard InChI is InChI=1S/C21H25N3O4/c1-14(2)12-19(25)22-17-8-6-16(7-9-17)21(27)24-23-20(26)13-28-18-10-4-15(3)5-11-18/h4-11,14H,12-13H2,1-3H3,(H,22,25)(H,23,26)(H,24,27). The van der Waals surface area contributed by atoms with Crippen molar-refractivity contribution in [1.82, 2.24) is 10.9 Å². The predicted octanol–water partition coefficient (Wildman–Crippen LogP) is 2.82. The van der Waals surface area contributed by atoms with E-state index in [-0.39, 0.29) is 18.4 Å². The summed E-state index contributed by atoms with van der Waals surface area (Å²) in [6, 6.07) is 13.7. The monoisotopic (exact) mass is 383 g/mol. The number of hydrazine groups is 1. The normalized spacial score (nSPS) is 10.3. The summed E-state index contributed by atoms with van der Waals surface area (Å²) in [7, 11) is 0. The summed E-state index contributed by atoms with van der Waals surface area (Å²) in [6.45, 7) is 5.67. The summed E-state index contributed by atoms with van der Waals surface area (Å²) in [5.41, 5.74) is 6.67. The minimum Gasteiger partial charge on any atom is -0.484 e. The second kappa shape index (κ2) is 10.1. The smallest absolute Gasteiger partial charge is 0.276 e. The number of benzene rings is 2. The Hall–Kier alpha value is -3.35. The molecule has 0 atom stereocenters. The van der Waals surface area contributed by atoms with Gasteiger partial charge in [-0.15, -0.1) is 0 Å². The van der Waals surface area contributed by atoms with Gasteiger partial charge in [-0.3, -0.25) is 25.2 Å². The first-order valence-corrected chi connectivity index (χ1v) is 9.02. The third kappa shape index (κ3) is 7.11. The van der Waals surface area contributed by atoms with Crippen molar-refractivity contribution < 1.29 is 19.1 Å². The van der Waals surface area contributed by atoms with Crippen LogP contribution < -0.4 is 20.9 Å². The van der Waals surface area contributed by atoms with Gasteiger partial charge < -0.3 is 10.1 Å². The fraction of sp³-hybridized carbons (Fsp3) is 0.286. The van der Waals surface area contributed by atoms with Crippen LogP contribution in [0.25, 0.3) is 0 Å². The first-order valence-electron chi connectivity index (χ1n) is 9.02. The third-order valence-electron chi connectivity index (χ3n) is 3.73.